The summed E-state index contributed by atoms with van der Waals surface area (Å²) in [6.45, 7) is -0.0611. The normalized spacial score (nSPS) is 10.5. The highest BCUT2D eigenvalue weighted by atomic mass is 16.3. The molecule has 3 aromatic heterocycles. The van der Waals surface area contributed by atoms with Gasteiger partial charge in [0.25, 0.3) is 0 Å². The van der Waals surface area contributed by atoms with Gasteiger partial charge >= 0.3 is 0 Å². The lowest BCUT2D eigenvalue weighted by molar-refractivity contribution is -0.117. The third kappa shape index (κ3) is 2.49. The first-order chi connectivity index (χ1) is 9.31. The number of aromatic nitrogens is 6. The quantitative estimate of drug-likeness (QED) is 0.696. The molecule has 3 rings (SSSR count). The molecule has 0 unspecified atom stereocenters. The number of nitrogens with one attached hydrogen (secondary N) is 2. The van der Waals surface area contributed by atoms with Crippen molar-refractivity contribution in [2.24, 2.45) is 0 Å². The predicted octanol–water partition coefficient (Wildman–Crippen LogP) is 0.295. The average molecular weight is 259 g/mol. The summed E-state index contributed by atoms with van der Waals surface area (Å²) in [7, 11) is 0. The van der Waals surface area contributed by atoms with Gasteiger partial charge in [0, 0.05) is 12.4 Å². The largest absolute Gasteiger partial charge is 0.461 e. The van der Waals surface area contributed by atoms with Crippen LogP contribution in [0, 0.1) is 0 Å². The van der Waals surface area contributed by atoms with Crippen molar-refractivity contribution in [1.82, 2.24) is 30.2 Å². The summed E-state index contributed by atoms with van der Waals surface area (Å²) in [4.78, 5) is 19.5. The van der Waals surface area contributed by atoms with E-state index in [1.165, 1.54) is 11.1 Å². The standard InChI is InChI=1S/C10H9N7O2/c18-8(13-10-11-3-4-12-10)6-17-15-9(14-16-17)7-2-1-5-19-7/h1-5H,6H2,(H2,11,12,13,18). The van der Waals surface area contributed by atoms with Gasteiger partial charge in [-0.3, -0.25) is 10.1 Å². The zero-order valence-electron chi connectivity index (χ0n) is 9.65. The van der Waals surface area contributed by atoms with Crippen molar-refractivity contribution >= 4 is 11.9 Å². The molecule has 0 spiro atoms. The predicted molar refractivity (Wildman–Crippen MR) is 62.7 cm³/mol. The van der Waals surface area contributed by atoms with E-state index in [2.05, 4.69) is 30.7 Å². The number of carbonyl (C=O) groups is 1. The van der Waals surface area contributed by atoms with Crippen molar-refractivity contribution in [1.29, 1.82) is 0 Å². The summed E-state index contributed by atoms with van der Waals surface area (Å²) < 4.78 is 5.13. The lowest BCUT2D eigenvalue weighted by atomic mass is 10.4. The number of furan rings is 1. The Morgan fingerprint density at radius 2 is 2.47 bits per heavy atom. The molecule has 0 saturated heterocycles. The van der Waals surface area contributed by atoms with Crippen LogP contribution in [0.2, 0.25) is 0 Å². The van der Waals surface area contributed by atoms with E-state index < -0.39 is 0 Å². The minimum Gasteiger partial charge on any atom is -0.461 e. The first kappa shape index (κ1) is 11.1. The molecule has 0 bridgehead atoms. The van der Waals surface area contributed by atoms with Crippen molar-refractivity contribution in [2.45, 2.75) is 6.54 Å². The molecule has 3 aromatic rings. The molecule has 19 heavy (non-hydrogen) atoms. The number of hydrogen-bond acceptors (Lipinski definition) is 6. The van der Waals surface area contributed by atoms with E-state index in [0.717, 1.165) is 0 Å². The van der Waals surface area contributed by atoms with E-state index >= 15 is 0 Å². The highest BCUT2D eigenvalue weighted by Gasteiger charge is 2.11. The fourth-order valence-corrected chi connectivity index (χ4v) is 1.45. The van der Waals surface area contributed by atoms with Crippen LogP contribution in [0.25, 0.3) is 11.6 Å². The van der Waals surface area contributed by atoms with E-state index in [1.54, 1.807) is 24.5 Å². The van der Waals surface area contributed by atoms with Gasteiger partial charge in [-0.15, -0.1) is 10.2 Å². The Kier molecular flexibility index (Phi) is 2.77. The monoisotopic (exact) mass is 259 g/mol. The molecule has 0 aliphatic carbocycles. The highest BCUT2D eigenvalue weighted by molar-refractivity contribution is 5.88. The SMILES string of the molecule is O=C(Cn1nnc(-c2ccco2)n1)Nc1ncc[nH]1. The molecule has 2 N–H and O–H groups in total. The van der Waals surface area contributed by atoms with Crippen molar-refractivity contribution in [3.05, 3.63) is 30.8 Å². The number of rotatable bonds is 4. The second kappa shape index (κ2) is 4.72. The fourth-order valence-electron chi connectivity index (χ4n) is 1.45. The first-order valence-electron chi connectivity index (χ1n) is 5.42. The molecular weight excluding hydrogens is 250 g/mol. The summed E-state index contributed by atoms with van der Waals surface area (Å²) in [5.41, 5.74) is 0. The van der Waals surface area contributed by atoms with E-state index in [0.29, 0.717) is 17.5 Å². The Morgan fingerprint density at radius 1 is 1.53 bits per heavy atom. The number of amides is 1. The third-order valence-electron chi connectivity index (χ3n) is 2.24. The van der Waals surface area contributed by atoms with Crippen LogP contribution in [0.5, 0.6) is 0 Å². The van der Waals surface area contributed by atoms with Gasteiger partial charge < -0.3 is 9.40 Å². The van der Waals surface area contributed by atoms with E-state index in [4.69, 9.17) is 4.42 Å². The van der Waals surface area contributed by atoms with Crippen LogP contribution in [0.15, 0.2) is 35.2 Å². The van der Waals surface area contributed by atoms with Crippen LogP contribution in [-0.2, 0) is 11.3 Å². The fraction of sp³-hybridized carbons (Fsp3) is 0.100. The summed E-state index contributed by atoms with van der Waals surface area (Å²) in [5, 5.41) is 14.1. The van der Waals surface area contributed by atoms with Gasteiger partial charge in [0.05, 0.1) is 6.26 Å². The lowest BCUT2D eigenvalue weighted by Crippen LogP contribution is -2.21. The molecule has 0 radical (unpaired) electrons. The van der Waals surface area contributed by atoms with Gasteiger partial charge in [0.1, 0.15) is 6.54 Å². The molecule has 0 aliphatic heterocycles. The number of aromatic amines is 1. The first-order valence-corrected chi connectivity index (χ1v) is 5.42. The molecule has 1 amide bonds. The van der Waals surface area contributed by atoms with Crippen LogP contribution in [-0.4, -0.2) is 36.1 Å². The Bertz CT molecular complexity index is 656. The van der Waals surface area contributed by atoms with Gasteiger partial charge in [-0.25, -0.2) is 4.98 Å². The molecule has 3 heterocycles. The Balaban J connectivity index is 1.65. The number of tetrazole rings is 1. The maximum Gasteiger partial charge on any atom is 0.250 e. The molecule has 0 aromatic carbocycles. The topological polar surface area (TPSA) is 115 Å². The Morgan fingerprint density at radius 3 is 3.21 bits per heavy atom. The summed E-state index contributed by atoms with van der Waals surface area (Å²) in [6.07, 6.45) is 4.66. The van der Waals surface area contributed by atoms with Crippen molar-refractivity contribution in [3.8, 4) is 11.6 Å². The molecule has 9 heteroatoms. The van der Waals surface area contributed by atoms with E-state index in [9.17, 15) is 4.79 Å². The van der Waals surface area contributed by atoms with Crippen molar-refractivity contribution in [3.63, 3.8) is 0 Å². The van der Waals surface area contributed by atoms with Crippen LogP contribution in [0.3, 0.4) is 0 Å². The smallest absolute Gasteiger partial charge is 0.250 e. The molecule has 0 saturated carbocycles. The highest BCUT2D eigenvalue weighted by Crippen LogP contribution is 2.12. The van der Waals surface area contributed by atoms with Gasteiger partial charge in [-0.2, -0.15) is 4.80 Å². The molecule has 96 valence electrons. The van der Waals surface area contributed by atoms with Gasteiger partial charge in [-0.1, -0.05) is 0 Å². The number of nitrogens with zero attached hydrogens (tertiary/aromatic N) is 5. The Hall–Kier alpha value is -2.97. The molecule has 9 nitrogen and oxygen atoms in total. The van der Waals surface area contributed by atoms with Gasteiger partial charge in [0.15, 0.2) is 5.76 Å². The average Bonchev–Trinajstić information content (AvgIpc) is 3.09. The molecule has 0 atom stereocenters. The maximum atomic E-state index is 11.7. The van der Waals surface area contributed by atoms with Crippen molar-refractivity contribution in [2.75, 3.05) is 5.32 Å². The Labute approximate surface area is 106 Å². The number of carbonyl (C=O) groups excluding carboxylic acids is 1. The number of anilines is 1. The second-order valence-electron chi connectivity index (χ2n) is 3.61. The number of hydrogen-bond donors (Lipinski definition) is 2. The molecule has 0 fully saturated rings. The maximum absolute atomic E-state index is 11.7. The van der Waals surface area contributed by atoms with Crippen LogP contribution >= 0.6 is 0 Å². The lowest BCUT2D eigenvalue weighted by Gasteiger charge is -1.99. The van der Waals surface area contributed by atoms with E-state index in [1.807, 2.05) is 0 Å². The van der Waals surface area contributed by atoms with Gasteiger partial charge in [0.2, 0.25) is 17.7 Å². The minimum absolute atomic E-state index is 0.0611. The van der Waals surface area contributed by atoms with Gasteiger partial charge in [-0.05, 0) is 17.3 Å². The third-order valence-corrected chi connectivity index (χ3v) is 2.24. The molecule has 0 aliphatic rings. The van der Waals surface area contributed by atoms with E-state index in [-0.39, 0.29) is 12.5 Å². The zero-order chi connectivity index (χ0) is 13.1. The van der Waals surface area contributed by atoms with Crippen LogP contribution in [0.1, 0.15) is 0 Å². The molecular formula is C10H9N7O2. The van der Waals surface area contributed by atoms with Crippen LogP contribution < -0.4 is 5.32 Å². The van der Waals surface area contributed by atoms with Crippen molar-refractivity contribution < 1.29 is 9.21 Å². The zero-order valence-corrected chi connectivity index (χ0v) is 9.65. The summed E-state index contributed by atoms with van der Waals surface area (Å²) in [5.74, 6) is 0.892. The number of H-pyrrole nitrogens is 1. The second-order valence-corrected chi connectivity index (χ2v) is 3.61. The summed E-state index contributed by atoms with van der Waals surface area (Å²) >= 11 is 0. The van der Waals surface area contributed by atoms with Crippen LogP contribution in [0.4, 0.5) is 5.95 Å². The summed E-state index contributed by atoms with van der Waals surface area (Å²) in [6, 6.07) is 3.43. The minimum atomic E-state index is -0.307. The number of imidazole rings is 1.